The van der Waals surface area contributed by atoms with Crippen LogP contribution >= 0.6 is 11.6 Å². The number of halogens is 1. The van der Waals surface area contributed by atoms with Gasteiger partial charge < -0.3 is 10.1 Å². The summed E-state index contributed by atoms with van der Waals surface area (Å²) in [5, 5.41) is 4.46. The number of aryl methyl sites for hydroxylation is 1. The van der Waals surface area contributed by atoms with Gasteiger partial charge in [-0.2, -0.15) is 0 Å². The maximum atomic E-state index is 6.31. The molecule has 3 heteroatoms. The molecule has 1 aromatic rings. The molecule has 1 aliphatic rings. The first-order valence-electron chi connectivity index (χ1n) is 8.30. The molecule has 3 atom stereocenters. The van der Waals surface area contributed by atoms with Gasteiger partial charge in [0.25, 0.3) is 0 Å². The van der Waals surface area contributed by atoms with Crippen LogP contribution < -0.4 is 10.1 Å². The van der Waals surface area contributed by atoms with Crippen LogP contribution in [0.25, 0.3) is 0 Å². The summed E-state index contributed by atoms with van der Waals surface area (Å²) in [5.41, 5.74) is 1.08. The largest absolute Gasteiger partial charge is 0.489 e. The van der Waals surface area contributed by atoms with Crippen LogP contribution in [0, 0.1) is 12.8 Å². The third kappa shape index (κ3) is 4.62. The van der Waals surface area contributed by atoms with Crippen LogP contribution in [0.4, 0.5) is 0 Å². The average molecular weight is 310 g/mol. The molecular formula is C18H28ClNO. The third-order valence-corrected chi connectivity index (χ3v) is 4.98. The lowest BCUT2D eigenvalue weighted by atomic mass is 9.82. The average Bonchev–Trinajstić information content (AvgIpc) is 2.49. The fourth-order valence-corrected chi connectivity index (χ4v) is 3.26. The van der Waals surface area contributed by atoms with E-state index in [9.17, 15) is 0 Å². The van der Waals surface area contributed by atoms with Crippen molar-refractivity contribution in [2.45, 2.75) is 65.0 Å². The Balaban J connectivity index is 2.05. The highest BCUT2D eigenvalue weighted by Crippen LogP contribution is 2.31. The first kappa shape index (κ1) is 16.6. The third-order valence-electron chi connectivity index (χ3n) is 4.55. The van der Waals surface area contributed by atoms with E-state index in [1.807, 2.05) is 19.1 Å². The Labute approximate surface area is 134 Å². The highest BCUT2D eigenvalue weighted by molar-refractivity contribution is 6.31. The Morgan fingerprint density at radius 3 is 2.76 bits per heavy atom. The molecule has 1 aromatic carbocycles. The lowest BCUT2D eigenvalue weighted by Crippen LogP contribution is -2.47. The van der Waals surface area contributed by atoms with Crippen molar-refractivity contribution in [1.29, 1.82) is 0 Å². The molecule has 0 bridgehead atoms. The summed E-state index contributed by atoms with van der Waals surface area (Å²) in [6.07, 6.45) is 6.38. The van der Waals surface area contributed by atoms with E-state index in [1.165, 1.54) is 25.7 Å². The van der Waals surface area contributed by atoms with Crippen LogP contribution in [0.5, 0.6) is 5.75 Å². The smallest absolute Gasteiger partial charge is 0.120 e. The van der Waals surface area contributed by atoms with Crippen molar-refractivity contribution in [2.75, 3.05) is 6.54 Å². The van der Waals surface area contributed by atoms with E-state index in [0.29, 0.717) is 6.04 Å². The maximum absolute atomic E-state index is 6.31. The van der Waals surface area contributed by atoms with E-state index in [0.717, 1.165) is 35.2 Å². The van der Waals surface area contributed by atoms with Crippen LogP contribution in [-0.2, 0) is 0 Å². The van der Waals surface area contributed by atoms with E-state index in [2.05, 4.69) is 25.2 Å². The van der Waals surface area contributed by atoms with Crippen molar-refractivity contribution in [1.82, 2.24) is 5.32 Å². The number of rotatable bonds is 6. The van der Waals surface area contributed by atoms with Crippen molar-refractivity contribution in [3.63, 3.8) is 0 Å². The Morgan fingerprint density at radius 2 is 2.10 bits per heavy atom. The zero-order valence-corrected chi connectivity index (χ0v) is 14.2. The van der Waals surface area contributed by atoms with Crippen LogP contribution in [-0.4, -0.2) is 18.7 Å². The van der Waals surface area contributed by atoms with Gasteiger partial charge in [0.2, 0.25) is 0 Å². The number of nitrogens with one attached hydrogen (secondary N) is 1. The molecule has 1 aliphatic carbocycles. The summed E-state index contributed by atoms with van der Waals surface area (Å²) in [6, 6.07) is 6.45. The van der Waals surface area contributed by atoms with Gasteiger partial charge in [-0.15, -0.1) is 0 Å². The molecule has 21 heavy (non-hydrogen) atoms. The van der Waals surface area contributed by atoms with E-state index in [4.69, 9.17) is 16.3 Å². The van der Waals surface area contributed by atoms with E-state index < -0.39 is 0 Å². The van der Waals surface area contributed by atoms with Crippen molar-refractivity contribution >= 4 is 11.6 Å². The van der Waals surface area contributed by atoms with Gasteiger partial charge >= 0.3 is 0 Å². The van der Waals surface area contributed by atoms with Crippen LogP contribution in [0.2, 0.25) is 5.02 Å². The van der Waals surface area contributed by atoms with Crippen LogP contribution in [0.1, 0.15) is 51.5 Å². The Morgan fingerprint density at radius 1 is 1.29 bits per heavy atom. The van der Waals surface area contributed by atoms with Gasteiger partial charge in [0, 0.05) is 11.1 Å². The van der Waals surface area contributed by atoms with E-state index >= 15 is 0 Å². The van der Waals surface area contributed by atoms with Gasteiger partial charge in [-0.3, -0.25) is 0 Å². The second-order valence-electron chi connectivity index (χ2n) is 6.22. The topological polar surface area (TPSA) is 21.3 Å². The molecule has 0 heterocycles. The summed E-state index contributed by atoms with van der Waals surface area (Å²) >= 11 is 6.10. The van der Waals surface area contributed by atoms with Gasteiger partial charge in [0.1, 0.15) is 11.9 Å². The highest BCUT2D eigenvalue weighted by Gasteiger charge is 2.30. The second-order valence-corrected chi connectivity index (χ2v) is 6.62. The molecule has 2 nitrogen and oxygen atoms in total. The van der Waals surface area contributed by atoms with Gasteiger partial charge in [0.15, 0.2) is 0 Å². The minimum absolute atomic E-state index is 0.274. The summed E-state index contributed by atoms with van der Waals surface area (Å²) in [7, 11) is 0. The zero-order chi connectivity index (χ0) is 15.2. The lowest BCUT2D eigenvalue weighted by Gasteiger charge is -2.36. The zero-order valence-electron chi connectivity index (χ0n) is 13.5. The summed E-state index contributed by atoms with van der Waals surface area (Å²) in [5.74, 6) is 1.74. The van der Waals surface area contributed by atoms with E-state index in [-0.39, 0.29) is 6.10 Å². The molecule has 3 unspecified atom stereocenters. The van der Waals surface area contributed by atoms with Gasteiger partial charge in [-0.05, 0) is 68.8 Å². The molecule has 0 spiro atoms. The monoisotopic (exact) mass is 309 g/mol. The minimum atomic E-state index is 0.274. The molecule has 0 saturated heterocycles. The Bertz CT molecular complexity index is 449. The normalized spacial score (nSPS) is 25.8. The Hall–Kier alpha value is -0.730. The lowest BCUT2D eigenvalue weighted by molar-refractivity contribution is 0.0849. The molecule has 0 aromatic heterocycles. The van der Waals surface area contributed by atoms with Gasteiger partial charge in [-0.25, -0.2) is 0 Å². The molecular weight excluding hydrogens is 282 g/mol. The minimum Gasteiger partial charge on any atom is -0.489 e. The van der Waals surface area contributed by atoms with Crippen molar-refractivity contribution in [3.05, 3.63) is 28.8 Å². The molecule has 1 saturated carbocycles. The van der Waals surface area contributed by atoms with Gasteiger partial charge in [0.05, 0.1) is 0 Å². The van der Waals surface area contributed by atoms with Crippen molar-refractivity contribution in [3.8, 4) is 5.75 Å². The first-order chi connectivity index (χ1) is 10.1. The Kier molecular flexibility index (Phi) is 6.38. The number of benzene rings is 1. The molecule has 0 aliphatic heterocycles. The van der Waals surface area contributed by atoms with Crippen molar-refractivity contribution < 1.29 is 4.74 Å². The summed E-state index contributed by atoms with van der Waals surface area (Å²) in [6.45, 7) is 7.59. The second kappa shape index (κ2) is 8.05. The quantitative estimate of drug-likeness (QED) is 0.800. The van der Waals surface area contributed by atoms with Crippen molar-refractivity contribution in [2.24, 2.45) is 5.92 Å². The summed E-state index contributed by atoms with van der Waals surface area (Å²) < 4.78 is 6.31. The number of hydrogen-bond donors (Lipinski definition) is 1. The maximum Gasteiger partial charge on any atom is 0.120 e. The molecule has 2 rings (SSSR count). The van der Waals surface area contributed by atoms with E-state index in [1.54, 1.807) is 0 Å². The van der Waals surface area contributed by atoms with Gasteiger partial charge in [-0.1, -0.05) is 31.9 Å². The SMILES string of the molecule is CCCNC1CCC(CC)CC1Oc1ccc(Cl)c(C)c1. The molecule has 1 fully saturated rings. The molecule has 0 radical (unpaired) electrons. The summed E-state index contributed by atoms with van der Waals surface area (Å²) in [4.78, 5) is 0. The first-order valence-corrected chi connectivity index (χ1v) is 8.68. The fourth-order valence-electron chi connectivity index (χ4n) is 3.14. The van der Waals surface area contributed by atoms with Crippen LogP contribution in [0.3, 0.4) is 0 Å². The highest BCUT2D eigenvalue weighted by atomic mass is 35.5. The fraction of sp³-hybridized carbons (Fsp3) is 0.667. The molecule has 1 N–H and O–H groups in total. The molecule has 118 valence electrons. The number of hydrogen-bond acceptors (Lipinski definition) is 2. The predicted octanol–water partition coefficient (Wildman–Crippen LogP) is 4.97. The standard InChI is InChI=1S/C18H28ClNO/c1-4-10-20-17-9-6-14(5-2)12-18(17)21-15-7-8-16(19)13(3)11-15/h7-8,11,14,17-18,20H,4-6,9-10,12H2,1-3H3. The molecule has 0 amide bonds. The predicted molar refractivity (Wildman–Crippen MR) is 90.3 cm³/mol. The van der Waals surface area contributed by atoms with Crippen LogP contribution in [0.15, 0.2) is 18.2 Å². The number of ether oxygens (including phenoxy) is 1.